The van der Waals surface area contributed by atoms with Crippen LogP contribution in [0.15, 0.2) is 0 Å². The molecule has 1 amide bonds. The number of likely N-dealkylation sites (N-methyl/N-ethyl adjacent to an activating group) is 1. The first-order valence-corrected chi connectivity index (χ1v) is 4.63. The highest BCUT2D eigenvalue weighted by Gasteiger charge is 2.27. The number of nitrogens with zero attached hydrogens (tertiary/aromatic N) is 1. The van der Waals surface area contributed by atoms with Crippen LogP contribution >= 0.6 is 0 Å². The number of rotatable bonds is 5. The molecule has 0 saturated heterocycles. The minimum atomic E-state index is -0.939. The molecule has 1 aliphatic carbocycles. The van der Waals surface area contributed by atoms with Gasteiger partial charge in [0.05, 0.1) is 0 Å². The molecule has 1 rings (SSSR count). The first-order valence-electron chi connectivity index (χ1n) is 4.63. The molecule has 0 heterocycles. The average molecular weight is 185 g/mol. The van der Waals surface area contributed by atoms with Crippen LogP contribution in [0, 0.1) is 5.92 Å². The maximum absolute atomic E-state index is 11.4. The lowest BCUT2D eigenvalue weighted by atomic mass is 10.2. The van der Waals surface area contributed by atoms with Crippen LogP contribution in [0.25, 0.3) is 0 Å². The van der Waals surface area contributed by atoms with E-state index in [0.717, 1.165) is 12.8 Å². The summed E-state index contributed by atoms with van der Waals surface area (Å²) < 4.78 is 0. The predicted octanol–water partition coefficient (Wildman–Crippen LogP) is 0.720. The number of carboxylic acid groups (broad SMARTS) is 1. The molecular weight excluding hydrogens is 170 g/mol. The summed E-state index contributed by atoms with van der Waals surface area (Å²) in [6.45, 7) is 2.12. The zero-order valence-electron chi connectivity index (χ0n) is 7.82. The molecule has 74 valence electrons. The van der Waals surface area contributed by atoms with Crippen molar-refractivity contribution in [3.8, 4) is 0 Å². The van der Waals surface area contributed by atoms with Crippen LogP contribution in [0.5, 0.6) is 0 Å². The lowest BCUT2D eigenvalue weighted by molar-refractivity contribution is -0.144. The maximum atomic E-state index is 11.4. The van der Waals surface area contributed by atoms with E-state index in [-0.39, 0.29) is 12.5 Å². The Kier molecular flexibility index (Phi) is 3.28. The monoisotopic (exact) mass is 185 g/mol. The number of amides is 1. The minimum absolute atomic E-state index is 0.0209. The second kappa shape index (κ2) is 4.25. The van der Waals surface area contributed by atoms with Gasteiger partial charge in [-0.2, -0.15) is 0 Å². The summed E-state index contributed by atoms with van der Waals surface area (Å²) in [5, 5.41) is 8.52. The lowest BCUT2D eigenvalue weighted by Gasteiger charge is -2.18. The molecule has 1 N–H and O–H groups in total. The zero-order valence-corrected chi connectivity index (χ0v) is 7.82. The summed E-state index contributed by atoms with van der Waals surface area (Å²) in [6, 6.07) is 0. The molecule has 1 fully saturated rings. The van der Waals surface area contributed by atoms with Crippen molar-refractivity contribution in [3.63, 3.8) is 0 Å². The molecular formula is C9H15NO3. The lowest BCUT2D eigenvalue weighted by Crippen LogP contribution is -2.35. The van der Waals surface area contributed by atoms with Crippen LogP contribution in [0.3, 0.4) is 0 Å². The van der Waals surface area contributed by atoms with Crippen LogP contribution in [0.2, 0.25) is 0 Å². The number of carbonyl (C=O) groups excluding carboxylic acids is 1. The van der Waals surface area contributed by atoms with Crippen LogP contribution < -0.4 is 0 Å². The van der Waals surface area contributed by atoms with E-state index in [4.69, 9.17) is 5.11 Å². The Bertz CT molecular complexity index is 211. The topological polar surface area (TPSA) is 57.6 Å². The highest BCUT2D eigenvalue weighted by molar-refractivity contribution is 5.81. The first-order chi connectivity index (χ1) is 6.13. The van der Waals surface area contributed by atoms with Crippen molar-refractivity contribution in [2.24, 2.45) is 5.92 Å². The molecule has 0 aliphatic heterocycles. The fourth-order valence-corrected chi connectivity index (χ4v) is 1.24. The maximum Gasteiger partial charge on any atom is 0.323 e. The quantitative estimate of drug-likeness (QED) is 0.686. The molecule has 0 spiro atoms. The van der Waals surface area contributed by atoms with Gasteiger partial charge < -0.3 is 10.0 Å². The Morgan fingerprint density at radius 2 is 2.08 bits per heavy atom. The van der Waals surface area contributed by atoms with Crippen LogP contribution in [-0.4, -0.2) is 35.0 Å². The molecule has 0 aromatic carbocycles. The zero-order chi connectivity index (χ0) is 9.84. The van der Waals surface area contributed by atoms with Gasteiger partial charge in [-0.1, -0.05) is 0 Å². The van der Waals surface area contributed by atoms with E-state index >= 15 is 0 Å². The molecule has 0 bridgehead atoms. The molecule has 1 saturated carbocycles. The van der Waals surface area contributed by atoms with Crippen molar-refractivity contribution < 1.29 is 14.7 Å². The SMILES string of the molecule is CCN(CC(=O)O)C(=O)CC1CC1. The summed E-state index contributed by atoms with van der Waals surface area (Å²) >= 11 is 0. The Morgan fingerprint density at radius 3 is 2.46 bits per heavy atom. The van der Waals surface area contributed by atoms with Gasteiger partial charge in [0, 0.05) is 13.0 Å². The third-order valence-corrected chi connectivity index (χ3v) is 2.22. The molecule has 1 aliphatic rings. The third-order valence-electron chi connectivity index (χ3n) is 2.22. The molecule has 4 heteroatoms. The number of hydrogen-bond acceptors (Lipinski definition) is 2. The highest BCUT2D eigenvalue weighted by atomic mass is 16.4. The van der Waals surface area contributed by atoms with Gasteiger partial charge in [-0.05, 0) is 25.7 Å². The van der Waals surface area contributed by atoms with Crippen molar-refractivity contribution in [1.29, 1.82) is 0 Å². The number of hydrogen-bond donors (Lipinski definition) is 1. The summed E-state index contributed by atoms with van der Waals surface area (Å²) in [5.74, 6) is -0.436. The highest BCUT2D eigenvalue weighted by Crippen LogP contribution is 2.32. The van der Waals surface area contributed by atoms with Gasteiger partial charge in [-0.3, -0.25) is 9.59 Å². The molecule has 0 aromatic heterocycles. The fraction of sp³-hybridized carbons (Fsp3) is 0.778. The van der Waals surface area contributed by atoms with Gasteiger partial charge in [0.25, 0.3) is 0 Å². The Balaban J connectivity index is 2.34. The van der Waals surface area contributed by atoms with Crippen LogP contribution in [0.1, 0.15) is 26.2 Å². The van der Waals surface area contributed by atoms with Gasteiger partial charge in [0.15, 0.2) is 0 Å². The first kappa shape index (κ1) is 10.0. The van der Waals surface area contributed by atoms with Gasteiger partial charge in [0.2, 0.25) is 5.91 Å². The van der Waals surface area contributed by atoms with Gasteiger partial charge in [-0.25, -0.2) is 0 Å². The smallest absolute Gasteiger partial charge is 0.323 e. The molecule has 0 aromatic rings. The molecule has 4 nitrogen and oxygen atoms in total. The predicted molar refractivity (Wildman–Crippen MR) is 47.2 cm³/mol. The largest absolute Gasteiger partial charge is 0.480 e. The molecule has 13 heavy (non-hydrogen) atoms. The van der Waals surface area contributed by atoms with E-state index in [1.54, 1.807) is 6.92 Å². The summed E-state index contributed by atoms with van der Waals surface area (Å²) in [5.41, 5.74) is 0. The fourth-order valence-electron chi connectivity index (χ4n) is 1.24. The molecule has 0 unspecified atom stereocenters. The van der Waals surface area contributed by atoms with Crippen molar-refractivity contribution in [1.82, 2.24) is 4.90 Å². The average Bonchev–Trinajstić information content (AvgIpc) is 2.83. The second-order valence-electron chi connectivity index (χ2n) is 3.45. The third kappa shape index (κ3) is 3.44. The van der Waals surface area contributed by atoms with Crippen molar-refractivity contribution >= 4 is 11.9 Å². The van der Waals surface area contributed by atoms with E-state index in [2.05, 4.69) is 0 Å². The van der Waals surface area contributed by atoms with Gasteiger partial charge >= 0.3 is 5.97 Å². The molecule has 0 atom stereocenters. The minimum Gasteiger partial charge on any atom is -0.480 e. The normalized spacial score (nSPS) is 15.5. The van der Waals surface area contributed by atoms with Crippen LogP contribution in [-0.2, 0) is 9.59 Å². The standard InChI is InChI=1S/C9H15NO3/c1-2-10(6-9(12)13)8(11)5-7-3-4-7/h7H,2-6H2,1H3,(H,12,13). The number of carboxylic acids is 1. The van der Waals surface area contributed by atoms with Crippen molar-refractivity contribution in [2.45, 2.75) is 26.2 Å². The second-order valence-corrected chi connectivity index (χ2v) is 3.45. The Morgan fingerprint density at radius 1 is 1.46 bits per heavy atom. The number of carbonyl (C=O) groups is 2. The van der Waals surface area contributed by atoms with E-state index in [1.165, 1.54) is 4.90 Å². The Hall–Kier alpha value is -1.06. The van der Waals surface area contributed by atoms with E-state index < -0.39 is 5.97 Å². The summed E-state index contributed by atoms with van der Waals surface area (Å²) in [6.07, 6.45) is 2.77. The van der Waals surface area contributed by atoms with Crippen molar-refractivity contribution in [2.75, 3.05) is 13.1 Å². The van der Waals surface area contributed by atoms with Crippen molar-refractivity contribution in [3.05, 3.63) is 0 Å². The van der Waals surface area contributed by atoms with Gasteiger partial charge in [0.1, 0.15) is 6.54 Å². The molecule has 0 radical (unpaired) electrons. The van der Waals surface area contributed by atoms with Gasteiger partial charge in [-0.15, -0.1) is 0 Å². The summed E-state index contributed by atoms with van der Waals surface area (Å²) in [7, 11) is 0. The van der Waals surface area contributed by atoms with E-state index in [0.29, 0.717) is 18.9 Å². The van der Waals surface area contributed by atoms with E-state index in [1.807, 2.05) is 0 Å². The van der Waals surface area contributed by atoms with E-state index in [9.17, 15) is 9.59 Å². The van der Waals surface area contributed by atoms with Crippen LogP contribution in [0.4, 0.5) is 0 Å². The number of aliphatic carboxylic acids is 1. The Labute approximate surface area is 77.5 Å². The summed E-state index contributed by atoms with van der Waals surface area (Å²) in [4.78, 5) is 23.2.